The molecule has 0 N–H and O–H groups in total. The molecule has 0 aromatic carbocycles. The largest absolute Gasteiger partial charge is 2.00 e. The zero-order chi connectivity index (χ0) is 35.3. The molecule has 254 valence electrons. The summed E-state index contributed by atoms with van der Waals surface area (Å²) in [5.41, 5.74) is -1.76. The number of carbonyl (C=O) groups excluding carboxylic acids is 6. The van der Waals surface area contributed by atoms with Gasteiger partial charge in [-0.3, -0.25) is 9.59 Å². The van der Waals surface area contributed by atoms with E-state index in [1.54, 1.807) is 13.8 Å². The number of carboxylic acids is 4. The van der Waals surface area contributed by atoms with Crippen molar-refractivity contribution in [2.24, 2.45) is 0 Å². The fraction of sp³-hybridized carbons (Fsp3) is 0.294. The Bertz CT molecular complexity index is 2160. The van der Waals surface area contributed by atoms with E-state index in [0.717, 1.165) is 12.1 Å². The van der Waals surface area contributed by atoms with Crippen molar-refractivity contribution < 1.29 is 66.3 Å². The number of aryl methyl sites for hydroxylation is 3. The summed E-state index contributed by atoms with van der Waals surface area (Å²) in [5, 5.41) is 46.4. The molecule has 2 aliphatic heterocycles. The van der Waals surface area contributed by atoms with Crippen LogP contribution in [0, 0.1) is 13.8 Å². The second-order valence-corrected chi connectivity index (χ2v) is 12.2. The number of fused-ring (bicyclic) bond motifs is 8. The molecule has 0 radical (unpaired) electrons. The van der Waals surface area contributed by atoms with Crippen molar-refractivity contribution in [1.82, 2.24) is 19.9 Å². The van der Waals surface area contributed by atoms with E-state index in [0.29, 0.717) is 22.3 Å². The topological polar surface area (TPSA) is 249 Å². The average Bonchev–Trinajstić information content (AvgIpc) is 3.58. The Morgan fingerprint density at radius 2 is 1.22 bits per heavy atom. The minimum Gasteiger partial charge on any atom is -0.657 e. The number of carboxylic acid groups (broad SMARTS) is 4. The molecule has 0 amide bonds. The number of hydrogen-bond acceptors (Lipinski definition) is 12. The molecule has 0 spiro atoms. The van der Waals surface area contributed by atoms with Gasteiger partial charge in [0.15, 0.2) is 11.6 Å². The summed E-state index contributed by atoms with van der Waals surface area (Å²) in [6.07, 6.45) is 0.0268. The third-order valence-electron chi connectivity index (χ3n) is 8.83. The summed E-state index contributed by atoms with van der Waals surface area (Å²) in [6.45, 7) is 5.92. The minimum absolute atomic E-state index is 0. The van der Waals surface area contributed by atoms with Crippen LogP contribution in [0.15, 0.2) is 30.3 Å². The number of aromatic nitrogens is 4. The van der Waals surface area contributed by atoms with Crippen LogP contribution in [-0.4, -0.2) is 45.4 Å². The molecular weight excluding hydrogens is 680 g/mol. The van der Waals surface area contributed by atoms with Crippen LogP contribution in [0.4, 0.5) is 0 Å². The summed E-state index contributed by atoms with van der Waals surface area (Å²) in [4.78, 5) is 92.0. The number of ketones is 2. The molecule has 15 heteroatoms. The van der Waals surface area contributed by atoms with Gasteiger partial charge >= 0.3 is 17.1 Å². The van der Waals surface area contributed by atoms with Crippen LogP contribution in [-0.2, 0) is 53.5 Å². The third kappa shape index (κ3) is 6.67. The van der Waals surface area contributed by atoms with Gasteiger partial charge in [-0.1, -0.05) is 34.9 Å². The molecular formula is C34H26FeN4O10-4. The van der Waals surface area contributed by atoms with E-state index in [-0.39, 0.29) is 74.8 Å². The molecule has 8 bridgehead atoms. The van der Waals surface area contributed by atoms with Gasteiger partial charge in [0.2, 0.25) is 0 Å². The van der Waals surface area contributed by atoms with Crippen molar-refractivity contribution in [2.75, 3.05) is 0 Å². The molecule has 49 heavy (non-hydrogen) atoms. The van der Waals surface area contributed by atoms with E-state index in [1.807, 2.05) is 0 Å². The van der Waals surface area contributed by atoms with Crippen LogP contribution in [0.5, 0.6) is 0 Å². The molecule has 3 aromatic heterocycles. The van der Waals surface area contributed by atoms with Crippen molar-refractivity contribution in [3.05, 3.63) is 75.4 Å². The summed E-state index contributed by atoms with van der Waals surface area (Å²) in [6, 6.07) is 5.32. The molecule has 5 rings (SSSR count). The van der Waals surface area contributed by atoms with Crippen LogP contribution >= 0.6 is 0 Å². The first-order chi connectivity index (χ1) is 22.4. The molecule has 2 atom stereocenters. The zero-order valence-electron chi connectivity index (χ0n) is 26.5. The predicted molar refractivity (Wildman–Crippen MR) is 158 cm³/mol. The molecule has 0 aliphatic carbocycles. The Hall–Kier alpha value is -5.40. The Morgan fingerprint density at radius 1 is 0.714 bits per heavy atom. The van der Waals surface area contributed by atoms with Crippen molar-refractivity contribution in [2.45, 2.75) is 64.2 Å². The molecule has 0 saturated carbocycles. The van der Waals surface area contributed by atoms with Gasteiger partial charge in [0, 0.05) is 30.7 Å². The van der Waals surface area contributed by atoms with Crippen molar-refractivity contribution >= 4 is 63.6 Å². The quantitative estimate of drug-likeness (QED) is 0.176. The van der Waals surface area contributed by atoms with Gasteiger partial charge in [0.1, 0.15) is 11.4 Å². The number of carbonyl (C=O) groups is 6. The van der Waals surface area contributed by atoms with Gasteiger partial charge < -0.3 is 49.6 Å². The van der Waals surface area contributed by atoms with E-state index < -0.39 is 59.1 Å². The fourth-order valence-electron chi connectivity index (χ4n) is 6.07. The molecule has 0 unspecified atom stereocenters. The van der Waals surface area contributed by atoms with Gasteiger partial charge in [-0.15, -0.1) is 22.1 Å². The first-order valence-corrected chi connectivity index (χ1v) is 14.7. The Labute approximate surface area is 288 Å². The minimum atomic E-state index is -1.80. The van der Waals surface area contributed by atoms with Gasteiger partial charge in [-0.25, -0.2) is 9.97 Å². The van der Waals surface area contributed by atoms with E-state index in [1.165, 1.54) is 38.1 Å². The van der Waals surface area contributed by atoms with Crippen molar-refractivity contribution in [3.63, 3.8) is 0 Å². The van der Waals surface area contributed by atoms with Crippen molar-refractivity contribution in [3.8, 4) is 0 Å². The molecule has 2 aliphatic rings. The second kappa shape index (κ2) is 13.2. The third-order valence-corrected chi connectivity index (χ3v) is 8.83. The second-order valence-electron chi connectivity index (χ2n) is 12.2. The fourth-order valence-corrected chi connectivity index (χ4v) is 6.07. The number of Topliss-reactive ketones (excluding diaryl/α,β-unsaturated/α-hetero) is 2. The molecule has 0 saturated heterocycles. The first-order valence-electron chi connectivity index (χ1n) is 14.7. The van der Waals surface area contributed by atoms with E-state index in [4.69, 9.17) is 0 Å². The van der Waals surface area contributed by atoms with Gasteiger partial charge in [0.25, 0.3) is 0 Å². The standard InChI is InChI=1S/C34H32N4O10.Fe/c1-15-17(5-7-27(39)40)21-10-22-18(6-8-28(41)42)16(2)20(36-22)11-25-33(3,13-29(43)44)32(48)24(38-25)12-26-34(4,14-30(45)46)31(47)23(37-26)9-19(15)35-21;/h6,8-12H,5,7,13-14H2,1-4H3,(H6,35,36,37,38,39,40,41,42,43,44,45,46,47,48);/q;+2/p-6/b8-6+;/t33-,34-;/m1./s1. The van der Waals surface area contributed by atoms with Crippen LogP contribution in [0.1, 0.15) is 87.7 Å². The number of rotatable bonds is 9. The van der Waals surface area contributed by atoms with Gasteiger partial charge in [-0.05, 0) is 64.3 Å². The van der Waals surface area contributed by atoms with Gasteiger partial charge in [0.05, 0.1) is 28.2 Å². The average molecular weight is 706 g/mol. The normalized spacial score (nSPS) is 18.8. The zero-order valence-corrected chi connectivity index (χ0v) is 27.6. The smallest absolute Gasteiger partial charge is 0.657 e. The Kier molecular flexibility index (Phi) is 9.85. The number of aliphatic carboxylic acids is 4. The van der Waals surface area contributed by atoms with Crippen molar-refractivity contribution in [1.29, 1.82) is 0 Å². The molecule has 0 fully saturated rings. The maximum atomic E-state index is 13.8. The molecule has 14 nitrogen and oxygen atoms in total. The van der Waals surface area contributed by atoms with Crippen LogP contribution in [0.3, 0.4) is 0 Å². The molecule has 5 heterocycles. The maximum absolute atomic E-state index is 13.8. The van der Waals surface area contributed by atoms with E-state index >= 15 is 0 Å². The number of nitrogens with zero attached hydrogens (tertiary/aromatic N) is 4. The predicted octanol–water partition coefficient (Wildman–Crippen LogP) is -1.81. The first kappa shape index (κ1) is 36.4. The van der Waals surface area contributed by atoms with E-state index in [9.17, 15) is 49.2 Å². The van der Waals surface area contributed by atoms with E-state index in [2.05, 4.69) is 19.9 Å². The summed E-state index contributed by atoms with van der Waals surface area (Å²) in [5.74, 6) is -7.43. The summed E-state index contributed by atoms with van der Waals surface area (Å²) >= 11 is 0. The maximum Gasteiger partial charge on any atom is 2.00 e. The van der Waals surface area contributed by atoms with Crippen LogP contribution < -0.4 is 30.4 Å². The number of hydrogen-bond donors (Lipinski definition) is 0. The summed E-state index contributed by atoms with van der Waals surface area (Å²) in [7, 11) is 0. The van der Waals surface area contributed by atoms with Gasteiger partial charge in [-0.2, -0.15) is 0 Å². The van der Waals surface area contributed by atoms with Crippen LogP contribution in [0.2, 0.25) is 0 Å². The Balaban J connectivity index is 0.00000541. The SMILES string of the molecule is Cc1c(/C=C/C(=O)[O-])c2cc3[n-]c(cc4nc(cc5nc(cc1[n-]2)[C@@](C)(CC(=O)[O-])C5=O)[C@@](C)(CC(=O)[O-])C4=O)c(C)c3CCC(=O)[O-].[Fe+2]. The molecule has 3 aromatic rings. The Morgan fingerprint density at radius 3 is 1.76 bits per heavy atom. The van der Waals surface area contributed by atoms with Crippen LogP contribution in [0.25, 0.3) is 28.1 Å². The monoisotopic (exact) mass is 706 g/mol. The summed E-state index contributed by atoms with van der Waals surface area (Å²) < 4.78 is 0.